The fraction of sp³-hybridized carbons (Fsp3) is 0.410. The predicted molar refractivity (Wildman–Crippen MR) is 193 cm³/mol. The van der Waals surface area contributed by atoms with Gasteiger partial charge in [-0.25, -0.2) is 27.0 Å². The highest BCUT2D eigenvalue weighted by Gasteiger charge is 2.53. The van der Waals surface area contributed by atoms with Crippen molar-refractivity contribution in [3.63, 3.8) is 0 Å². The number of aromatic nitrogens is 3. The Labute approximate surface area is 303 Å². The molecular formula is C39H44F2N6O4S. The lowest BCUT2D eigenvalue weighted by molar-refractivity contribution is 0.0469. The molecule has 2 aromatic carbocycles. The first-order valence-corrected chi connectivity index (χ1v) is 19.3. The second-order valence-electron chi connectivity index (χ2n) is 14.2. The average Bonchev–Trinajstić information content (AvgIpc) is 3.85. The molecule has 1 saturated carbocycles. The summed E-state index contributed by atoms with van der Waals surface area (Å²) in [5, 5.41) is 3.10. The van der Waals surface area contributed by atoms with Crippen molar-refractivity contribution >= 4 is 27.7 Å². The van der Waals surface area contributed by atoms with Crippen LogP contribution in [-0.4, -0.2) is 79.8 Å². The van der Waals surface area contributed by atoms with E-state index in [4.69, 9.17) is 4.74 Å². The summed E-state index contributed by atoms with van der Waals surface area (Å²) in [7, 11) is -2.55. The first kappa shape index (κ1) is 35.8. The fourth-order valence-electron chi connectivity index (χ4n) is 8.95. The van der Waals surface area contributed by atoms with Crippen molar-refractivity contribution in [3.8, 4) is 0 Å². The Morgan fingerprint density at radius 1 is 1.04 bits per heavy atom. The Morgan fingerprint density at radius 3 is 2.52 bits per heavy atom. The van der Waals surface area contributed by atoms with Crippen molar-refractivity contribution < 1.29 is 26.7 Å². The van der Waals surface area contributed by atoms with E-state index in [9.17, 15) is 17.6 Å². The number of pyridine rings is 1. The van der Waals surface area contributed by atoms with Gasteiger partial charge in [-0.3, -0.25) is 4.98 Å². The summed E-state index contributed by atoms with van der Waals surface area (Å²) in [6.07, 6.45) is 12.3. The van der Waals surface area contributed by atoms with Gasteiger partial charge in [-0.05, 0) is 98.8 Å². The van der Waals surface area contributed by atoms with Crippen LogP contribution < -0.4 is 10.2 Å². The van der Waals surface area contributed by atoms with Crippen LogP contribution >= 0.6 is 0 Å². The van der Waals surface area contributed by atoms with Crippen LogP contribution in [-0.2, 0) is 20.1 Å². The normalized spacial score (nSPS) is 21.3. The van der Waals surface area contributed by atoms with Gasteiger partial charge in [0.2, 0.25) is 9.84 Å². The number of benzene rings is 2. The second kappa shape index (κ2) is 14.8. The zero-order valence-corrected chi connectivity index (χ0v) is 30.0. The molecule has 13 heteroatoms. The van der Waals surface area contributed by atoms with Crippen molar-refractivity contribution in [1.82, 2.24) is 24.8 Å². The third kappa shape index (κ3) is 6.71. The lowest BCUT2D eigenvalue weighted by atomic mass is 9.64. The average molecular weight is 731 g/mol. The predicted octanol–water partition coefficient (Wildman–Crippen LogP) is 6.15. The molecule has 1 amide bonds. The molecule has 3 aliphatic rings. The fourth-order valence-corrected chi connectivity index (χ4v) is 10.2. The number of sulfone groups is 1. The maximum absolute atomic E-state index is 15.4. The van der Waals surface area contributed by atoms with E-state index in [-0.39, 0.29) is 33.5 Å². The summed E-state index contributed by atoms with van der Waals surface area (Å²) >= 11 is 0. The number of halogens is 2. The number of anilines is 1. The summed E-state index contributed by atoms with van der Waals surface area (Å²) in [4.78, 5) is 25.3. The summed E-state index contributed by atoms with van der Waals surface area (Å²) in [6.45, 7) is 7.53. The van der Waals surface area contributed by atoms with Crippen LogP contribution in [0, 0.1) is 29.4 Å². The van der Waals surface area contributed by atoms with Gasteiger partial charge in [-0.15, -0.1) is 0 Å². The van der Waals surface area contributed by atoms with Crippen molar-refractivity contribution in [2.24, 2.45) is 17.8 Å². The molecule has 0 bridgehead atoms. The van der Waals surface area contributed by atoms with Crippen LogP contribution in [0.2, 0.25) is 0 Å². The van der Waals surface area contributed by atoms with E-state index in [2.05, 4.69) is 31.3 Å². The first-order valence-electron chi connectivity index (χ1n) is 17.8. The summed E-state index contributed by atoms with van der Waals surface area (Å²) in [6, 6.07) is 13.6. The monoisotopic (exact) mass is 730 g/mol. The molecule has 0 spiro atoms. The summed E-state index contributed by atoms with van der Waals surface area (Å²) in [5.41, 5.74) is 1.06. The van der Waals surface area contributed by atoms with Crippen LogP contribution in [0.1, 0.15) is 43.4 Å². The number of piperidine rings is 1. The van der Waals surface area contributed by atoms with Gasteiger partial charge in [-0.2, -0.15) is 0 Å². The van der Waals surface area contributed by atoms with Crippen molar-refractivity contribution in [2.45, 2.75) is 53.5 Å². The topological polar surface area (TPSA) is 110 Å². The van der Waals surface area contributed by atoms with Gasteiger partial charge in [0.25, 0.3) is 0 Å². The molecule has 2 saturated heterocycles. The quantitative estimate of drug-likeness (QED) is 0.196. The molecule has 0 radical (unpaired) electrons. The van der Waals surface area contributed by atoms with Gasteiger partial charge in [0.05, 0.1) is 40.1 Å². The molecule has 3 fully saturated rings. The highest BCUT2D eigenvalue weighted by molar-refractivity contribution is 7.91. The minimum Gasteiger partial charge on any atom is -0.453 e. The number of ether oxygens (including phenoxy) is 1. The Balaban J connectivity index is 1.04. The number of hydrogen-bond donors (Lipinski definition) is 1. The zero-order valence-electron chi connectivity index (χ0n) is 29.2. The van der Waals surface area contributed by atoms with E-state index < -0.39 is 27.3 Å². The molecule has 1 N–H and O–H groups in total. The Kier molecular flexibility index (Phi) is 10.2. The molecule has 4 heterocycles. The number of nitrogens with one attached hydrogen (secondary N) is 1. The number of nitrogens with zero attached hydrogens (tertiary/aromatic N) is 5. The van der Waals surface area contributed by atoms with Gasteiger partial charge in [0.15, 0.2) is 0 Å². The second-order valence-corrected chi connectivity index (χ2v) is 16.1. The van der Waals surface area contributed by atoms with Crippen molar-refractivity contribution in [3.05, 3.63) is 109 Å². The molecule has 3 atom stereocenters. The molecule has 7 rings (SSSR count). The summed E-state index contributed by atoms with van der Waals surface area (Å²) in [5.74, 6) is -0.406. The van der Waals surface area contributed by atoms with E-state index in [1.54, 1.807) is 24.4 Å². The minimum atomic E-state index is -3.92. The van der Waals surface area contributed by atoms with Crippen LogP contribution in [0.3, 0.4) is 0 Å². The lowest BCUT2D eigenvalue weighted by Gasteiger charge is -2.52. The summed E-state index contributed by atoms with van der Waals surface area (Å²) < 4.78 is 63.9. The lowest BCUT2D eigenvalue weighted by Crippen LogP contribution is -2.57. The molecule has 2 aliphatic heterocycles. The molecule has 52 heavy (non-hydrogen) atoms. The van der Waals surface area contributed by atoms with Gasteiger partial charge < -0.3 is 24.4 Å². The van der Waals surface area contributed by atoms with E-state index in [0.29, 0.717) is 30.4 Å². The molecule has 2 aromatic heterocycles. The number of imidazole rings is 1. The van der Waals surface area contributed by atoms with Gasteiger partial charge >= 0.3 is 6.09 Å². The van der Waals surface area contributed by atoms with Crippen molar-refractivity contribution in [2.75, 3.05) is 44.7 Å². The Bertz CT molecular complexity index is 2010. The number of amides is 1. The minimum absolute atomic E-state index is 0.00932. The standard InChI is InChI=1S/C39H44F2N6O4S/c1-3-31-21-33(12-15-43-31)52(49,50)32-10-11-37(35(41)22-32)46-24-27(25-46)23-45-17-13-28(14-18-45)39(47-19-16-42-26-47,29-6-4-7-30(40)20-29)34-8-5-9-36(34)44-38(48)51-2/h3-4,6-7,10-12,15-16,19-22,26-28,34,36H,1,5,8-9,13-14,17-18,23-25H2,2H3,(H,44,48)/t34-,36-,39?/m0/s1. The molecule has 1 aliphatic carbocycles. The van der Waals surface area contributed by atoms with Crippen LogP contribution in [0.4, 0.5) is 19.3 Å². The number of hydrogen-bond acceptors (Lipinski definition) is 8. The third-order valence-corrected chi connectivity index (χ3v) is 13.1. The van der Waals surface area contributed by atoms with Gasteiger partial charge in [0, 0.05) is 56.1 Å². The Morgan fingerprint density at radius 2 is 1.83 bits per heavy atom. The molecule has 274 valence electrons. The molecule has 4 aromatic rings. The third-order valence-electron chi connectivity index (χ3n) is 11.3. The molecular weight excluding hydrogens is 687 g/mol. The number of carbonyl (C=O) groups excluding carboxylic acids is 1. The van der Waals surface area contributed by atoms with Crippen LogP contribution in [0.5, 0.6) is 0 Å². The van der Waals surface area contributed by atoms with Crippen LogP contribution in [0.25, 0.3) is 6.08 Å². The first-order chi connectivity index (χ1) is 25.1. The number of carbonyl (C=O) groups is 1. The zero-order chi connectivity index (χ0) is 36.5. The number of likely N-dealkylation sites (tertiary alicyclic amines) is 1. The number of alkyl carbamates (subject to hydrolysis) is 1. The smallest absolute Gasteiger partial charge is 0.407 e. The highest BCUT2D eigenvalue weighted by atomic mass is 32.2. The number of methoxy groups -OCH3 is 1. The Hall–Kier alpha value is -4.62. The van der Waals surface area contributed by atoms with Crippen LogP contribution in [0.15, 0.2) is 95.9 Å². The highest BCUT2D eigenvalue weighted by Crippen LogP contribution is 2.51. The van der Waals surface area contributed by atoms with Gasteiger partial charge in [-0.1, -0.05) is 25.1 Å². The van der Waals surface area contributed by atoms with Crippen molar-refractivity contribution in [1.29, 1.82) is 0 Å². The maximum Gasteiger partial charge on any atom is 0.407 e. The van der Waals surface area contributed by atoms with E-state index >= 15 is 4.39 Å². The van der Waals surface area contributed by atoms with Gasteiger partial charge in [0.1, 0.15) is 11.6 Å². The van der Waals surface area contributed by atoms with E-state index in [0.717, 1.165) is 63.4 Å². The largest absolute Gasteiger partial charge is 0.453 e. The van der Waals surface area contributed by atoms with E-state index in [1.165, 1.54) is 43.6 Å². The van der Waals surface area contributed by atoms with E-state index in [1.807, 2.05) is 23.5 Å². The number of rotatable bonds is 11. The molecule has 10 nitrogen and oxygen atoms in total. The SMILES string of the molecule is C=Cc1cc(S(=O)(=O)c2ccc(N3CC(CN4CCC(C(c5cccc(F)c5)([C@H]5CCC[C@@H]5NC(=O)OC)n5ccnc5)CC4)C3)c(F)c2)ccn1. The maximum atomic E-state index is 15.4. The molecule has 1 unspecified atom stereocenters.